The SMILES string of the molecule is CC1CCC(CN2CCNC2=O)CC1.CC1CCC(CNCCNC(=O)OC(C)(C)C)CC1. The van der Waals surface area contributed by atoms with Gasteiger partial charge in [0.1, 0.15) is 5.60 Å². The molecule has 3 fully saturated rings. The molecule has 0 spiro atoms. The molecule has 7 nitrogen and oxygen atoms in total. The quantitative estimate of drug-likeness (QED) is 0.472. The molecule has 1 aliphatic heterocycles. The Hall–Kier alpha value is -1.50. The zero-order valence-electron chi connectivity index (χ0n) is 21.9. The standard InChI is InChI=1S/C15H30N2O2.C11H20N2O/c1-12-5-7-13(8-6-12)11-16-9-10-17-14(18)19-15(2,3)4;1-9-2-4-10(5-3-9)8-13-7-6-12-11(13)14/h12-13,16H,5-11H2,1-4H3,(H,17,18);9-10H,2-8H2,1H3,(H,12,14). The Bertz CT molecular complexity index is 577. The van der Waals surface area contributed by atoms with E-state index in [0.29, 0.717) is 6.54 Å². The molecule has 1 heterocycles. The molecular weight excluding hydrogens is 416 g/mol. The van der Waals surface area contributed by atoms with E-state index >= 15 is 0 Å². The summed E-state index contributed by atoms with van der Waals surface area (Å²) < 4.78 is 5.17. The maximum atomic E-state index is 11.4. The number of hydrogen-bond acceptors (Lipinski definition) is 4. The van der Waals surface area contributed by atoms with E-state index in [-0.39, 0.29) is 12.1 Å². The van der Waals surface area contributed by atoms with Gasteiger partial charge < -0.3 is 25.6 Å². The topological polar surface area (TPSA) is 82.7 Å². The van der Waals surface area contributed by atoms with E-state index in [0.717, 1.165) is 56.4 Å². The first kappa shape index (κ1) is 27.7. The molecule has 2 saturated carbocycles. The molecule has 3 rings (SSSR count). The van der Waals surface area contributed by atoms with Gasteiger partial charge >= 0.3 is 12.1 Å². The number of carbonyl (C=O) groups is 2. The van der Waals surface area contributed by atoms with Crippen molar-refractivity contribution in [3.05, 3.63) is 0 Å². The number of carbonyl (C=O) groups excluding carboxylic acids is 2. The molecule has 0 aromatic rings. The summed E-state index contributed by atoms with van der Waals surface area (Å²) in [6.45, 7) is 15.5. The van der Waals surface area contributed by atoms with Crippen LogP contribution in [0.2, 0.25) is 0 Å². The van der Waals surface area contributed by atoms with Crippen LogP contribution >= 0.6 is 0 Å². The highest BCUT2D eigenvalue weighted by molar-refractivity contribution is 5.76. The Kier molecular flexibility index (Phi) is 11.8. The van der Waals surface area contributed by atoms with Crippen molar-refractivity contribution in [2.75, 3.05) is 39.3 Å². The molecule has 33 heavy (non-hydrogen) atoms. The van der Waals surface area contributed by atoms with Gasteiger partial charge in [0, 0.05) is 32.7 Å². The first-order valence-electron chi connectivity index (χ1n) is 13.3. The normalized spacial score (nSPS) is 27.9. The Labute approximate surface area is 202 Å². The fraction of sp³-hybridized carbons (Fsp3) is 0.923. The maximum absolute atomic E-state index is 11.4. The van der Waals surface area contributed by atoms with Crippen molar-refractivity contribution in [2.24, 2.45) is 23.7 Å². The number of hydrogen-bond donors (Lipinski definition) is 3. The molecule has 0 atom stereocenters. The summed E-state index contributed by atoms with van der Waals surface area (Å²) in [5.74, 6) is 3.39. The zero-order valence-corrected chi connectivity index (χ0v) is 21.9. The van der Waals surface area contributed by atoms with E-state index in [1.807, 2.05) is 25.7 Å². The van der Waals surface area contributed by atoms with Gasteiger partial charge in [0.15, 0.2) is 0 Å². The van der Waals surface area contributed by atoms with Crippen LogP contribution < -0.4 is 16.0 Å². The molecule has 0 bridgehead atoms. The molecule has 1 saturated heterocycles. The monoisotopic (exact) mass is 466 g/mol. The van der Waals surface area contributed by atoms with Gasteiger partial charge in [-0.25, -0.2) is 9.59 Å². The number of urea groups is 1. The van der Waals surface area contributed by atoms with Crippen LogP contribution in [0.15, 0.2) is 0 Å². The van der Waals surface area contributed by atoms with Crippen molar-refractivity contribution in [3.63, 3.8) is 0 Å². The van der Waals surface area contributed by atoms with Gasteiger partial charge in [-0.15, -0.1) is 0 Å². The predicted molar refractivity (Wildman–Crippen MR) is 134 cm³/mol. The smallest absolute Gasteiger partial charge is 0.407 e. The first-order valence-corrected chi connectivity index (χ1v) is 13.3. The van der Waals surface area contributed by atoms with Crippen LogP contribution in [0.25, 0.3) is 0 Å². The third kappa shape index (κ3) is 12.0. The lowest BCUT2D eigenvalue weighted by molar-refractivity contribution is 0.0528. The highest BCUT2D eigenvalue weighted by Crippen LogP contribution is 2.29. The zero-order chi connectivity index (χ0) is 24.3. The fourth-order valence-corrected chi connectivity index (χ4v) is 4.92. The van der Waals surface area contributed by atoms with Crippen molar-refractivity contribution in [1.82, 2.24) is 20.9 Å². The summed E-state index contributed by atoms with van der Waals surface area (Å²) >= 11 is 0. The molecule has 3 N–H and O–H groups in total. The lowest BCUT2D eigenvalue weighted by atomic mass is 9.83. The number of amides is 3. The minimum atomic E-state index is -0.420. The van der Waals surface area contributed by atoms with Gasteiger partial charge in [-0.05, 0) is 76.7 Å². The van der Waals surface area contributed by atoms with Crippen LogP contribution in [0, 0.1) is 23.7 Å². The van der Waals surface area contributed by atoms with Crippen LogP contribution in [-0.4, -0.2) is 61.9 Å². The minimum Gasteiger partial charge on any atom is -0.444 e. The molecule has 0 aromatic heterocycles. The molecule has 0 aromatic carbocycles. The lowest BCUT2D eigenvalue weighted by Crippen LogP contribution is -2.37. The number of nitrogens with zero attached hydrogens (tertiary/aromatic N) is 1. The van der Waals surface area contributed by atoms with E-state index in [9.17, 15) is 9.59 Å². The van der Waals surface area contributed by atoms with E-state index in [2.05, 4.69) is 29.8 Å². The minimum absolute atomic E-state index is 0.142. The van der Waals surface area contributed by atoms with Gasteiger partial charge in [0.25, 0.3) is 0 Å². The van der Waals surface area contributed by atoms with Crippen molar-refractivity contribution in [1.29, 1.82) is 0 Å². The third-order valence-corrected chi connectivity index (χ3v) is 7.10. The predicted octanol–water partition coefficient (Wildman–Crippen LogP) is 4.76. The fourth-order valence-electron chi connectivity index (χ4n) is 4.92. The van der Waals surface area contributed by atoms with E-state index in [4.69, 9.17) is 4.74 Å². The largest absolute Gasteiger partial charge is 0.444 e. The number of alkyl carbamates (subject to hydrolysis) is 1. The maximum Gasteiger partial charge on any atom is 0.407 e. The average Bonchev–Trinajstić information content (AvgIpc) is 3.14. The number of nitrogens with one attached hydrogen (secondary N) is 3. The Morgan fingerprint density at radius 3 is 2.06 bits per heavy atom. The van der Waals surface area contributed by atoms with Crippen LogP contribution in [-0.2, 0) is 4.74 Å². The van der Waals surface area contributed by atoms with Crippen molar-refractivity contribution in [3.8, 4) is 0 Å². The van der Waals surface area contributed by atoms with Crippen LogP contribution in [0.1, 0.15) is 86.0 Å². The molecule has 2 aliphatic carbocycles. The molecule has 3 amide bonds. The summed E-state index contributed by atoms with van der Waals surface area (Å²) in [7, 11) is 0. The molecule has 0 unspecified atom stereocenters. The van der Waals surface area contributed by atoms with Gasteiger partial charge in [-0.1, -0.05) is 39.5 Å². The van der Waals surface area contributed by atoms with Gasteiger partial charge in [-0.2, -0.15) is 0 Å². The Morgan fingerprint density at radius 2 is 1.55 bits per heavy atom. The second kappa shape index (κ2) is 14.0. The van der Waals surface area contributed by atoms with E-state index < -0.39 is 5.60 Å². The van der Waals surface area contributed by atoms with Gasteiger partial charge in [0.05, 0.1) is 0 Å². The molecule has 3 aliphatic rings. The van der Waals surface area contributed by atoms with Crippen molar-refractivity contribution in [2.45, 2.75) is 91.6 Å². The lowest BCUT2D eigenvalue weighted by Gasteiger charge is -2.29. The average molecular weight is 467 g/mol. The molecule has 7 heteroatoms. The van der Waals surface area contributed by atoms with Crippen LogP contribution in [0.3, 0.4) is 0 Å². The second-order valence-electron chi connectivity index (χ2n) is 11.6. The summed E-state index contributed by atoms with van der Waals surface area (Å²) in [4.78, 5) is 24.7. The highest BCUT2D eigenvalue weighted by Gasteiger charge is 2.25. The highest BCUT2D eigenvalue weighted by atomic mass is 16.6. The summed E-state index contributed by atoms with van der Waals surface area (Å²) in [5.41, 5.74) is -0.420. The Morgan fingerprint density at radius 1 is 0.970 bits per heavy atom. The van der Waals surface area contributed by atoms with Crippen molar-refractivity contribution < 1.29 is 14.3 Å². The summed E-state index contributed by atoms with van der Waals surface area (Å²) in [6, 6.07) is 0.142. The molecule has 0 radical (unpaired) electrons. The van der Waals surface area contributed by atoms with Crippen molar-refractivity contribution >= 4 is 12.1 Å². The van der Waals surface area contributed by atoms with Gasteiger partial charge in [-0.3, -0.25) is 0 Å². The molecular formula is C26H50N4O3. The molecule has 192 valence electrons. The van der Waals surface area contributed by atoms with Gasteiger partial charge in [0.2, 0.25) is 0 Å². The van der Waals surface area contributed by atoms with E-state index in [1.54, 1.807) is 0 Å². The number of rotatable bonds is 7. The Balaban J connectivity index is 0.000000243. The van der Waals surface area contributed by atoms with E-state index in [1.165, 1.54) is 51.4 Å². The number of ether oxygens (including phenoxy) is 1. The van der Waals surface area contributed by atoms with Crippen LogP contribution in [0.4, 0.5) is 9.59 Å². The first-order chi connectivity index (χ1) is 15.6. The summed E-state index contributed by atoms with van der Waals surface area (Å²) in [6.07, 6.45) is 10.4. The second-order valence-corrected chi connectivity index (χ2v) is 11.6. The summed E-state index contributed by atoms with van der Waals surface area (Å²) in [5, 5.41) is 9.03. The van der Waals surface area contributed by atoms with Crippen LogP contribution in [0.5, 0.6) is 0 Å². The third-order valence-electron chi connectivity index (χ3n) is 7.10.